The third-order valence-electron chi connectivity index (χ3n) is 4.15. The third-order valence-corrected chi connectivity index (χ3v) is 4.15. The van der Waals surface area contributed by atoms with E-state index in [1.165, 1.54) is 0 Å². The average Bonchev–Trinajstić information content (AvgIpc) is 2.73. The van der Waals surface area contributed by atoms with Crippen molar-refractivity contribution in [1.82, 2.24) is 4.90 Å². The van der Waals surface area contributed by atoms with Crippen LogP contribution in [0.2, 0.25) is 0 Å². The highest BCUT2D eigenvalue weighted by Gasteiger charge is 2.38. The van der Waals surface area contributed by atoms with Gasteiger partial charge in [-0.15, -0.1) is 0 Å². The summed E-state index contributed by atoms with van der Waals surface area (Å²) in [5, 5.41) is 9.10. The van der Waals surface area contributed by atoms with Crippen molar-refractivity contribution in [3.05, 3.63) is 0 Å². The number of aliphatic carboxylic acids is 1. The zero-order chi connectivity index (χ0) is 12.5. The normalized spacial score (nSPS) is 33.8. The van der Waals surface area contributed by atoms with Gasteiger partial charge in [0.15, 0.2) is 0 Å². The number of rotatable bonds is 3. The van der Waals surface area contributed by atoms with E-state index in [4.69, 9.17) is 9.84 Å². The second kappa shape index (κ2) is 4.94. The Morgan fingerprint density at radius 2 is 2.24 bits per heavy atom. The van der Waals surface area contributed by atoms with Crippen LogP contribution in [0.4, 0.5) is 0 Å². The van der Waals surface area contributed by atoms with Crippen molar-refractivity contribution >= 4 is 5.97 Å². The van der Waals surface area contributed by atoms with Crippen LogP contribution in [0.5, 0.6) is 0 Å². The Hall–Kier alpha value is -0.610. The number of carbonyl (C=O) groups is 1. The molecule has 98 valence electrons. The van der Waals surface area contributed by atoms with Gasteiger partial charge in [0.2, 0.25) is 0 Å². The molecule has 2 aliphatic heterocycles. The standard InChI is InChI=1S/C13H23NO3/c1-13(2)8-10(12(15)16)5-6-14(13)9-11-4-3-7-17-11/h10-11H,3-9H2,1-2H3,(H,15,16). The summed E-state index contributed by atoms with van der Waals surface area (Å²) in [7, 11) is 0. The van der Waals surface area contributed by atoms with Crippen molar-refractivity contribution < 1.29 is 14.6 Å². The molecule has 0 amide bonds. The first-order valence-electron chi connectivity index (χ1n) is 6.58. The van der Waals surface area contributed by atoms with Gasteiger partial charge in [-0.1, -0.05) is 0 Å². The van der Waals surface area contributed by atoms with E-state index in [1.807, 2.05) is 0 Å². The van der Waals surface area contributed by atoms with Crippen LogP contribution in [-0.4, -0.2) is 47.3 Å². The van der Waals surface area contributed by atoms with Gasteiger partial charge in [-0.2, -0.15) is 0 Å². The summed E-state index contributed by atoms with van der Waals surface area (Å²) in [4.78, 5) is 13.5. The van der Waals surface area contributed by atoms with E-state index < -0.39 is 5.97 Å². The fourth-order valence-corrected chi connectivity index (χ4v) is 3.03. The molecule has 0 spiro atoms. The molecule has 0 aliphatic carbocycles. The molecule has 0 aromatic rings. The highest BCUT2D eigenvalue weighted by molar-refractivity contribution is 5.70. The van der Waals surface area contributed by atoms with Crippen LogP contribution in [0, 0.1) is 5.92 Å². The van der Waals surface area contributed by atoms with Crippen molar-refractivity contribution in [1.29, 1.82) is 0 Å². The molecule has 17 heavy (non-hydrogen) atoms. The molecule has 0 aromatic heterocycles. The summed E-state index contributed by atoms with van der Waals surface area (Å²) in [5.41, 5.74) is -0.0206. The molecule has 1 N–H and O–H groups in total. The Morgan fingerprint density at radius 3 is 2.76 bits per heavy atom. The third kappa shape index (κ3) is 2.99. The number of nitrogens with zero attached hydrogens (tertiary/aromatic N) is 1. The van der Waals surface area contributed by atoms with Gasteiger partial charge in [0.25, 0.3) is 0 Å². The van der Waals surface area contributed by atoms with Crippen molar-refractivity contribution in [3.63, 3.8) is 0 Å². The topological polar surface area (TPSA) is 49.8 Å². The van der Waals surface area contributed by atoms with E-state index in [-0.39, 0.29) is 11.5 Å². The number of ether oxygens (including phenoxy) is 1. The van der Waals surface area contributed by atoms with Crippen LogP contribution in [0.3, 0.4) is 0 Å². The molecule has 0 bridgehead atoms. The number of carboxylic acids is 1. The fraction of sp³-hybridized carbons (Fsp3) is 0.923. The van der Waals surface area contributed by atoms with Crippen LogP contribution in [0.15, 0.2) is 0 Å². The first kappa shape index (κ1) is 12.8. The lowest BCUT2D eigenvalue weighted by Crippen LogP contribution is -2.53. The van der Waals surface area contributed by atoms with Crippen molar-refractivity contribution in [2.24, 2.45) is 5.92 Å². The molecule has 2 heterocycles. The summed E-state index contributed by atoms with van der Waals surface area (Å²) in [6.07, 6.45) is 4.18. The molecule has 2 unspecified atom stereocenters. The molecule has 0 radical (unpaired) electrons. The van der Waals surface area contributed by atoms with E-state index in [0.29, 0.717) is 6.10 Å². The van der Waals surface area contributed by atoms with Gasteiger partial charge in [0.1, 0.15) is 0 Å². The fourth-order valence-electron chi connectivity index (χ4n) is 3.03. The van der Waals surface area contributed by atoms with E-state index in [0.717, 1.165) is 45.4 Å². The molecule has 2 fully saturated rings. The largest absolute Gasteiger partial charge is 0.481 e. The second-order valence-electron chi connectivity index (χ2n) is 5.92. The Labute approximate surface area is 103 Å². The van der Waals surface area contributed by atoms with Gasteiger partial charge in [0.05, 0.1) is 12.0 Å². The first-order valence-corrected chi connectivity index (χ1v) is 6.58. The quantitative estimate of drug-likeness (QED) is 0.817. The maximum Gasteiger partial charge on any atom is 0.306 e. The van der Waals surface area contributed by atoms with Crippen molar-refractivity contribution in [2.75, 3.05) is 19.7 Å². The van der Waals surface area contributed by atoms with Crippen LogP contribution in [0.25, 0.3) is 0 Å². The zero-order valence-electron chi connectivity index (χ0n) is 10.8. The summed E-state index contributed by atoms with van der Waals surface area (Å²) in [6.45, 7) is 7.02. The Kier molecular flexibility index (Phi) is 3.73. The van der Waals surface area contributed by atoms with Gasteiger partial charge in [-0.05, 0) is 46.1 Å². The lowest BCUT2D eigenvalue weighted by atomic mass is 9.82. The van der Waals surface area contributed by atoms with Crippen molar-refractivity contribution in [3.8, 4) is 0 Å². The van der Waals surface area contributed by atoms with Gasteiger partial charge in [0, 0.05) is 18.7 Å². The van der Waals surface area contributed by atoms with E-state index in [9.17, 15) is 4.79 Å². The van der Waals surface area contributed by atoms with Crippen LogP contribution >= 0.6 is 0 Å². The summed E-state index contributed by atoms with van der Waals surface area (Å²) in [5.74, 6) is -0.819. The first-order chi connectivity index (χ1) is 7.99. The average molecular weight is 241 g/mol. The van der Waals surface area contributed by atoms with Gasteiger partial charge < -0.3 is 9.84 Å². The monoisotopic (exact) mass is 241 g/mol. The minimum Gasteiger partial charge on any atom is -0.481 e. The smallest absolute Gasteiger partial charge is 0.306 e. The Balaban J connectivity index is 1.92. The summed E-state index contributed by atoms with van der Waals surface area (Å²) >= 11 is 0. The molecule has 2 saturated heterocycles. The molecular formula is C13H23NO3. The van der Waals surface area contributed by atoms with Crippen LogP contribution in [-0.2, 0) is 9.53 Å². The molecule has 4 nitrogen and oxygen atoms in total. The summed E-state index contributed by atoms with van der Waals surface area (Å²) < 4.78 is 5.67. The maximum atomic E-state index is 11.1. The molecule has 2 aliphatic rings. The SMILES string of the molecule is CC1(C)CC(C(=O)O)CCN1CC1CCCO1. The summed E-state index contributed by atoms with van der Waals surface area (Å²) in [6, 6.07) is 0. The molecular weight excluding hydrogens is 218 g/mol. The van der Waals surface area contributed by atoms with E-state index in [1.54, 1.807) is 0 Å². The van der Waals surface area contributed by atoms with E-state index in [2.05, 4.69) is 18.7 Å². The number of likely N-dealkylation sites (tertiary alicyclic amines) is 1. The highest BCUT2D eigenvalue weighted by Crippen LogP contribution is 2.32. The number of hydrogen-bond donors (Lipinski definition) is 1. The Bertz CT molecular complexity index is 284. The molecule has 0 aromatic carbocycles. The molecule has 4 heteroatoms. The lowest BCUT2D eigenvalue weighted by Gasteiger charge is -2.45. The molecule has 2 atom stereocenters. The molecule has 0 saturated carbocycles. The molecule has 2 rings (SSSR count). The number of carboxylic acid groups (broad SMARTS) is 1. The minimum absolute atomic E-state index is 0.0206. The van der Waals surface area contributed by atoms with E-state index >= 15 is 0 Å². The lowest BCUT2D eigenvalue weighted by molar-refractivity contribution is -0.145. The number of piperidine rings is 1. The zero-order valence-corrected chi connectivity index (χ0v) is 10.8. The van der Waals surface area contributed by atoms with Gasteiger partial charge in [-0.3, -0.25) is 9.69 Å². The van der Waals surface area contributed by atoms with Gasteiger partial charge in [-0.25, -0.2) is 0 Å². The van der Waals surface area contributed by atoms with Crippen LogP contribution < -0.4 is 0 Å². The Morgan fingerprint density at radius 1 is 1.47 bits per heavy atom. The number of hydrogen-bond acceptors (Lipinski definition) is 3. The predicted octanol–water partition coefficient (Wildman–Crippen LogP) is 1.74. The van der Waals surface area contributed by atoms with Crippen molar-refractivity contribution in [2.45, 2.75) is 51.2 Å². The minimum atomic E-state index is -0.644. The predicted molar refractivity (Wildman–Crippen MR) is 65.0 cm³/mol. The van der Waals surface area contributed by atoms with Crippen LogP contribution in [0.1, 0.15) is 39.5 Å². The highest BCUT2D eigenvalue weighted by atomic mass is 16.5. The maximum absolute atomic E-state index is 11.1. The second-order valence-corrected chi connectivity index (χ2v) is 5.92. The van der Waals surface area contributed by atoms with Gasteiger partial charge >= 0.3 is 5.97 Å².